The molecular weight excluding hydrogens is 851 g/mol. The number of nitrogens with one attached hydrogen (secondary N) is 7. The summed E-state index contributed by atoms with van der Waals surface area (Å²) in [6, 6.07) is -1.73. The lowest BCUT2D eigenvalue weighted by atomic mass is 9.89. The molecule has 19 heteroatoms. The van der Waals surface area contributed by atoms with Crippen LogP contribution in [0.2, 0.25) is 0 Å². The van der Waals surface area contributed by atoms with E-state index in [0.29, 0.717) is 51.6 Å². The largest absolute Gasteiger partial charge is 0.634 e. The minimum Gasteiger partial charge on any atom is -0.634 e. The van der Waals surface area contributed by atoms with Crippen LogP contribution in [-0.2, 0) is 28.7 Å². The van der Waals surface area contributed by atoms with Crippen LogP contribution in [-0.4, -0.2) is 131 Å². The molecule has 5 amide bonds. The standard InChI is InChI=1S/C47H83N9O10/c1-10-14-16-35(28(5)54-46(22-32(46)13-4)41(62)53-37(29(6)58)26-56(65)45(27-57)21-31(45)12-3)51-38(59)18-17-30-24-49-25-34(30)40(61)55-47(23-33(47)15-11-2)42(63)52-36(39(48)60)19-20-50-43(64)66-44(7,8)9/h28,30-36,40,49,54-57,61H,10-27H2,1-9H3,(H2,48,60)(H,50,64)(H,51,59)(H,52,63)/t28?,30?,31-,32+,33?,34+,35+,36+,40?,45?,46-,47-/m1/s1. The Morgan fingerprint density at radius 2 is 1.61 bits per heavy atom. The summed E-state index contributed by atoms with van der Waals surface area (Å²) in [6.07, 6.45) is 5.83. The van der Waals surface area contributed by atoms with Gasteiger partial charge in [-0.15, -0.1) is 0 Å². The van der Waals surface area contributed by atoms with Gasteiger partial charge < -0.3 is 52.2 Å². The molecular formula is C47H83N9O10. The highest BCUT2D eigenvalue weighted by molar-refractivity contribution is 6.41. The van der Waals surface area contributed by atoms with E-state index in [1.165, 1.54) is 6.92 Å². The van der Waals surface area contributed by atoms with Gasteiger partial charge in [-0.25, -0.2) is 9.79 Å². The molecule has 3 saturated carbocycles. The minimum atomic E-state index is -1.12. The first-order valence-corrected chi connectivity index (χ1v) is 24.6. The number of unbranched alkanes of at least 4 members (excludes halogenated alkanes) is 1. The molecule has 0 radical (unpaired) electrons. The van der Waals surface area contributed by atoms with Crippen molar-refractivity contribution in [1.29, 1.82) is 0 Å². The number of aliphatic hydroxyl groups excluding tert-OH is 2. The molecule has 4 rings (SSSR count). The van der Waals surface area contributed by atoms with Crippen molar-refractivity contribution in [2.45, 2.75) is 192 Å². The summed E-state index contributed by atoms with van der Waals surface area (Å²) in [6.45, 7) is 16.9. The highest BCUT2D eigenvalue weighted by Crippen LogP contribution is 2.49. The summed E-state index contributed by atoms with van der Waals surface area (Å²) in [4.78, 5) is 83.1. The van der Waals surface area contributed by atoms with Gasteiger partial charge in [-0.1, -0.05) is 53.4 Å². The number of Topliss-reactive ketones (excluding diaryl/α,β-unsaturated/α-hetero) is 1. The topological polar surface area (TPSA) is 290 Å². The van der Waals surface area contributed by atoms with E-state index in [1.54, 1.807) is 20.8 Å². The molecule has 0 aromatic heterocycles. The van der Waals surface area contributed by atoms with Crippen LogP contribution in [0, 0.1) is 34.8 Å². The number of aliphatic imine (C=N–C) groups is 1. The van der Waals surface area contributed by atoms with Crippen LogP contribution in [0.5, 0.6) is 0 Å². The summed E-state index contributed by atoms with van der Waals surface area (Å²) in [5, 5.41) is 53.4. The number of quaternary nitrogens is 1. The number of hydroxylamine groups is 2. The second-order valence-electron chi connectivity index (χ2n) is 20.7. The molecule has 0 bridgehead atoms. The molecule has 0 aromatic carbocycles. The average Bonchev–Trinajstić information content (AvgIpc) is 4.20. The lowest BCUT2D eigenvalue weighted by Crippen LogP contribution is -3.15. The number of nitrogens with zero attached hydrogens (tertiary/aromatic N) is 1. The molecule has 0 aromatic rings. The number of ether oxygens (including phenoxy) is 1. The monoisotopic (exact) mass is 934 g/mol. The number of carbonyl (C=O) groups is 6. The van der Waals surface area contributed by atoms with E-state index in [9.17, 15) is 44.2 Å². The van der Waals surface area contributed by atoms with Gasteiger partial charge in [0.05, 0.1) is 6.61 Å². The van der Waals surface area contributed by atoms with E-state index < -0.39 is 64.1 Å². The number of amides is 5. The van der Waals surface area contributed by atoms with Crippen molar-refractivity contribution in [3.05, 3.63) is 5.21 Å². The Labute approximate surface area is 391 Å². The van der Waals surface area contributed by atoms with Crippen LogP contribution in [0.25, 0.3) is 0 Å². The number of ketones is 1. The van der Waals surface area contributed by atoms with Gasteiger partial charge in [-0.3, -0.25) is 34.6 Å². The normalized spacial score (nSPS) is 30.3. The lowest BCUT2D eigenvalue weighted by Gasteiger charge is -2.32. The van der Waals surface area contributed by atoms with Crippen molar-refractivity contribution < 1.29 is 48.8 Å². The number of nitrogens with two attached hydrogens (primary N) is 1. The quantitative estimate of drug-likeness (QED) is 0.0284. The van der Waals surface area contributed by atoms with Crippen LogP contribution in [0.1, 0.15) is 146 Å². The third-order valence-electron chi connectivity index (χ3n) is 14.7. The fourth-order valence-electron chi connectivity index (χ4n) is 10.2. The van der Waals surface area contributed by atoms with Crippen molar-refractivity contribution in [1.82, 2.24) is 31.9 Å². The fraction of sp³-hybridized carbons (Fsp3) is 0.851. The van der Waals surface area contributed by atoms with Gasteiger partial charge >= 0.3 is 6.09 Å². The first kappa shape index (κ1) is 55.0. The summed E-state index contributed by atoms with van der Waals surface area (Å²) in [5.74, 6) is -2.80. The third kappa shape index (κ3) is 14.0. The Kier molecular flexibility index (Phi) is 19.7. The third-order valence-corrected chi connectivity index (χ3v) is 14.7. The SMILES string of the molecule is CCCC[C@H](NC(=O)CCC1CNC[C@@H]1C(O)N[C@]1(C(=O)N[C@@H](CCNC(=O)OC(C)(C)C)C(N)=O)CC1CCC)C(C)N[C@]1(C(=O)N=C(C[NH+]([O-])C2(CO)C[C@H]2CC)C(C)=O)C[C@@H]1CC. The second-order valence-corrected chi connectivity index (χ2v) is 20.7. The molecule has 1 aliphatic heterocycles. The molecule has 1 saturated heterocycles. The highest BCUT2D eigenvalue weighted by atomic mass is 16.6. The van der Waals surface area contributed by atoms with Crippen molar-refractivity contribution in [3.63, 3.8) is 0 Å². The van der Waals surface area contributed by atoms with Crippen molar-refractivity contribution in [2.75, 3.05) is 32.8 Å². The summed E-state index contributed by atoms with van der Waals surface area (Å²) in [5.41, 5.74) is 1.84. The van der Waals surface area contributed by atoms with E-state index in [2.05, 4.69) is 43.8 Å². The minimum absolute atomic E-state index is 0.0389. The van der Waals surface area contributed by atoms with Gasteiger partial charge in [-0.05, 0) is 96.9 Å². The van der Waals surface area contributed by atoms with Crippen molar-refractivity contribution >= 4 is 41.2 Å². The Morgan fingerprint density at radius 1 is 0.924 bits per heavy atom. The number of hydrogen-bond donors (Lipinski definition) is 10. The van der Waals surface area contributed by atoms with Crippen LogP contribution < -0.4 is 42.7 Å². The number of aliphatic hydroxyl groups is 2. The van der Waals surface area contributed by atoms with E-state index in [4.69, 9.17) is 10.5 Å². The second kappa shape index (κ2) is 23.6. The smallest absolute Gasteiger partial charge is 0.407 e. The van der Waals surface area contributed by atoms with Gasteiger partial charge in [-0.2, -0.15) is 0 Å². The van der Waals surface area contributed by atoms with Crippen LogP contribution in [0.4, 0.5) is 4.79 Å². The average molecular weight is 934 g/mol. The number of carbonyl (C=O) groups excluding carboxylic acids is 6. The van der Waals surface area contributed by atoms with Crippen LogP contribution in [0.3, 0.4) is 0 Å². The van der Waals surface area contributed by atoms with Gasteiger partial charge in [0.1, 0.15) is 46.7 Å². The summed E-state index contributed by atoms with van der Waals surface area (Å²) >= 11 is 0. The molecule has 19 nitrogen and oxygen atoms in total. The predicted octanol–water partition coefficient (Wildman–Crippen LogP) is 0.876. The first-order chi connectivity index (χ1) is 31.1. The van der Waals surface area contributed by atoms with Crippen LogP contribution in [0.15, 0.2) is 4.99 Å². The summed E-state index contributed by atoms with van der Waals surface area (Å²) < 4.78 is 5.25. The maximum Gasteiger partial charge on any atom is 0.407 e. The molecule has 6 unspecified atom stereocenters. The fourth-order valence-corrected chi connectivity index (χ4v) is 10.2. The Hall–Kier alpha value is -3.59. The maximum atomic E-state index is 14.0. The maximum absolute atomic E-state index is 14.0. The molecule has 376 valence electrons. The molecule has 4 aliphatic rings. The lowest BCUT2D eigenvalue weighted by molar-refractivity contribution is -0.881. The molecule has 4 fully saturated rings. The van der Waals surface area contributed by atoms with Gasteiger partial charge in [0.2, 0.25) is 17.7 Å². The number of rotatable bonds is 29. The highest BCUT2D eigenvalue weighted by Gasteiger charge is 2.62. The zero-order valence-electron chi connectivity index (χ0n) is 41.1. The Balaban J connectivity index is 1.37. The number of primary amides is 1. The van der Waals surface area contributed by atoms with E-state index in [-0.39, 0.29) is 90.9 Å². The van der Waals surface area contributed by atoms with E-state index in [1.807, 2.05) is 27.7 Å². The Bertz CT molecular complexity index is 1740. The van der Waals surface area contributed by atoms with Crippen molar-refractivity contribution in [2.24, 2.45) is 40.3 Å². The molecule has 13 atom stereocenters. The van der Waals surface area contributed by atoms with E-state index in [0.717, 1.165) is 32.1 Å². The Morgan fingerprint density at radius 3 is 2.17 bits per heavy atom. The number of alkyl carbamates (subject to hydrolysis) is 1. The summed E-state index contributed by atoms with van der Waals surface area (Å²) in [7, 11) is 0. The van der Waals surface area contributed by atoms with Crippen molar-refractivity contribution in [3.8, 4) is 0 Å². The van der Waals surface area contributed by atoms with Gasteiger partial charge in [0, 0.05) is 56.8 Å². The number of hydrogen-bond acceptors (Lipinski definition) is 13. The molecule has 0 spiro atoms. The zero-order valence-corrected chi connectivity index (χ0v) is 41.1. The molecule has 3 aliphatic carbocycles. The van der Waals surface area contributed by atoms with Crippen LogP contribution >= 0.6 is 0 Å². The van der Waals surface area contributed by atoms with Gasteiger partial charge in [0.15, 0.2) is 5.78 Å². The first-order valence-electron chi connectivity index (χ1n) is 24.6. The van der Waals surface area contributed by atoms with Gasteiger partial charge in [0.25, 0.3) is 5.91 Å². The molecule has 1 heterocycles. The molecule has 11 N–H and O–H groups in total. The van der Waals surface area contributed by atoms with E-state index >= 15 is 0 Å². The predicted molar refractivity (Wildman–Crippen MR) is 250 cm³/mol. The molecule has 66 heavy (non-hydrogen) atoms. The zero-order chi connectivity index (χ0) is 49.2.